The Morgan fingerprint density at radius 3 is 2.13 bits per heavy atom. The van der Waals surface area contributed by atoms with E-state index in [4.69, 9.17) is 0 Å². The van der Waals surface area contributed by atoms with E-state index in [1.165, 1.54) is 31.3 Å². The molecule has 0 spiro atoms. The Labute approximate surface area is 144 Å². The van der Waals surface area contributed by atoms with Crippen LogP contribution in [0.3, 0.4) is 0 Å². The highest BCUT2D eigenvalue weighted by Gasteiger charge is 2.14. The maximum atomic E-state index is 12.2. The van der Waals surface area contributed by atoms with Gasteiger partial charge < -0.3 is 5.32 Å². The Morgan fingerprint density at radius 2 is 1.61 bits per heavy atom. The smallest absolute Gasteiger partial charge is 0.251 e. The molecule has 1 unspecified atom stereocenters. The molecular weight excluding hydrogens is 380 g/mol. The summed E-state index contributed by atoms with van der Waals surface area (Å²) in [4.78, 5) is 12.4. The van der Waals surface area contributed by atoms with Crippen molar-refractivity contribution in [2.24, 2.45) is 0 Å². The zero-order valence-corrected chi connectivity index (χ0v) is 15.1. The van der Waals surface area contributed by atoms with E-state index in [0.717, 1.165) is 10.0 Å². The molecule has 0 aliphatic carbocycles. The summed E-state index contributed by atoms with van der Waals surface area (Å²) in [5.41, 5.74) is 1.39. The summed E-state index contributed by atoms with van der Waals surface area (Å²) in [6.07, 6.45) is 0. The third-order valence-corrected chi connectivity index (χ3v) is 5.37. The molecule has 0 saturated heterocycles. The van der Waals surface area contributed by atoms with Gasteiger partial charge in [0.15, 0.2) is 0 Å². The summed E-state index contributed by atoms with van der Waals surface area (Å²) in [7, 11) is -2.15. The van der Waals surface area contributed by atoms with Crippen LogP contribution in [0, 0.1) is 0 Å². The van der Waals surface area contributed by atoms with Crippen molar-refractivity contribution in [3.05, 3.63) is 64.1 Å². The van der Waals surface area contributed by atoms with Crippen LogP contribution in [0.2, 0.25) is 0 Å². The average Bonchev–Trinajstić information content (AvgIpc) is 2.55. The summed E-state index contributed by atoms with van der Waals surface area (Å²) in [6.45, 7) is 1.89. The molecule has 5 nitrogen and oxygen atoms in total. The lowest BCUT2D eigenvalue weighted by Gasteiger charge is -2.14. The van der Waals surface area contributed by atoms with Crippen molar-refractivity contribution in [3.63, 3.8) is 0 Å². The van der Waals surface area contributed by atoms with Gasteiger partial charge in [-0.25, -0.2) is 13.1 Å². The summed E-state index contributed by atoms with van der Waals surface area (Å²) >= 11 is 3.37. The van der Waals surface area contributed by atoms with Gasteiger partial charge in [-0.05, 0) is 55.9 Å². The first-order valence-corrected chi connectivity index (χ1v) is 9.21. The minimum absolute atomic E-state index is 0.123. The van der Waals surface area contributed by atoms with Crippen LogP contribution in [0.1, 0.15) is 28.9 Å². The molecule has 2 N–H and O–H groups in total. The highest BCUT2D eigenvalue weighted by Crippen LogP contribution is 2.17. The molecule has 1 atom stereocenters. The van der Waals surface area contributed by atoms with Crippen molar-refractivity contribution in [1.29, 1.82) is 0 Å². The van der Waals surface area contributed by atoms with Gasteiger partial charge in [-0.1, -0.05) is 28.1 Å². The Balaban J connectivity index is 2.10. The molecule has 0 aliphatic rings. The van der Waals surface area contributed by atoms with E-state index in [-0.39, 0.29) is 16.8 Å². The first kappa shape index (κ1) is 17.7. The molecule has 0 radical (unpaired) electrons. The predicted octanol–water partition coefficient (Wildman–Crippen LogP) is 2.85. The zero-order chi connectivity index (χ0) is 17.0. The quantitative estimate of drug-likeness (QED) is 0.815. The maximum absolute atomic E-state index is 12.2. The van der Waals surface area contributed by atoms with Gasteiger partial charge in [-0.15, -0.1) is 0 Å². The number of benzene rings is 2. The molecule has 2 aromatic rings. The average molecular weight is 397 g/mol. The predicted molar refractivity (Wildman–Crippen MR) is 92.7 cm³/mol. The van der Waals surface area contributed by atoms with Gasteiger partial charge in [0.1, 0.15) is 0 Å². The molecule has 7 heteroatoms. The van der Waals surface area contributed by atoms with E-state index in [1.54, 1.807) is 0 Å². The first-order valence-electron chi connectivity index (χ1n) is 6.93. The van der Waals surface area contributed by atoms with Gasteiger partial charge in [-0.2, -0.15) is 0 Å². The number of carbonyl (C=O) groups excluding carboxylic acids is 1. The van der Waals surface area contributed by atoms with Crippen LogP contribution in [0.4, 0.5) is 0 Å². The standard InChI is InChI=1S/C16H17BrN2O3S/c1-11(12-3-7-14(17)8-4-12)19-16(20)13-5-9-15(10-6-13)23(21,22)18-2/h3-11,18H,1-2H3,(H,19,20). The second-order valence-corrected chi connectivity index (χ2v) is 7.78. The fourth-order valence-corrected chi connectivity index (χ4v) is 3.01. The fourth-order valence-electron chi connectivity index (χ4n) is 2.02. The van der Waals surface area contributed by atoms with Crippen LogP contribution >= 0.6 is 15.9 Å². The van der Waals surface area contributed by atoms with E-state index >= 15 is 0 Å². The number of halogens is 1. The van der Waals surface area contributed by atoms with Crippen LogP contribution in [-0.2, 0) is 10.0 Å². The van der Waals surface area contributed by atoms with Gasteiger partial charge in [0, 0.05) is 10.0 Å². The Morgan fingerprint density at radius 1 is 1.04 bits per heavy atom. The number of amides is 1. The molecule has 0 heterocycles. The molecular formula is C16H17BrN2O3S. The summed E-state index contributed by atoms with van der Waals surface area (Å²) in [5, 5.41) is 2.88. The lowest BCUT2D eigenvalue weighted by atomic mass is 10.1. The first-order chi connectivity index (χ1) is 10.8. The van der Waals surface area contributed by atoms with Crippen molar-refractivity contribution in [2.45, 2.75) is 17.9 Å². The number of nitrogens with one attached hydrogen (secondary N) is 2. The summed E-state index contributed by atoms with van der Waals surface area (Å²) in [5.74, 6) is -0.256. The van der Waals surface area contributed by atoms with E-state index < -0.39 is 10.0 Å². The minimum Gasteiger partial charge on any atom is -0.346 e. The second kappa shape index (κ2) is 7.25. The van der Waals surface area contributed by atoms with E-state index in [9.17, 15) is 13.2 Å². The normalized spacial score (nSPS) is 12.7. The van der Waals surface area contributed by atoms with Crippen molar-refractivity contribution in [3.8, 4) is 0 Å². The Kier molecular flexibility index (Phi) is 5.56. The molecule has 0 aliphatic heterocycles. The van der Waals surface area contributed by atoms with Gasteiger partial charge in [-0.3, -0.25) is 4.79 Å². The molecule has 0 saturated carbocycles. The molecule has 0 bridgehead atoms. The third kappa shape index (κ3) is 4.40. The number of hydrogen-bond donors (Lipinski definition) is 2. The van der Waals surface area contributed by atoms with Crippen molar-refractivity contribution in [1.82, 2.24) is 10.0 Å². The van der Waals surface area contributed by atoms with Gasteiger partial charge in [0.2, 0.25) is 10.0 Å². The van der Waals surface area contributed by atoms with Crippen LogP contribution in [0.5, 0.6) is 0 Å². The SMILES string of the molecule is CNS(=O)(=O)c1ccc(C(=O)NC(C)c2ccc(Br)cc2)cc1. The Hall–Kier alpha value is -1.70. The largest absolute Gasteiger partial charge is 0.346 e. The highest BCUT2D eigenvalue weighted by atomic mass is 79.9. The van der Waals surface area contributed by atoms with E-state index in [1.807, 2.05) is 31.2 Å². The van der Waals surface area contributed by atoms with Crippen molar-refractivity contribution >= 4 is 31.9 Å². The molecule has 0 fully saturated rings. The topological polar surface area (TPSA) is 75.3 Å². The maximum Gasteiger partial charge on any atom is 0.251 e. The van der Waals surface area contributed by atoms with Crippen LogP contribution in [-0.4, -0.2) is 21.4 Å². The van der Waals surface area contributed by atoms with Gasteiger partial charge in [0.05, 0.1) is 10.9 Å². The lowest BCUT2D eigenvalue weighted by Crippen LogP contribution is -2.26. The van der Waals surface area contributed by atoms with E-state index in [0.29, 0.717) is 5.56 Å². The molecule has 0 aromatic heterocycles. The number of sulfonamides is 1. The van der Waals surface area contributed by atoms with Gasteiger partial charge >= 0.3 is 0 Å². The van der Waals surface area contributed by atoms with Crippen LogP contribution < -0.4 is 10.0 Å². The molecule has 2 rings (SSSR count). The second-order valence-electron chi connectivity index (χ2n) is 4.98. The van der Waals surface area contributed by atoms with Crippen LogP contribution in [0.25, 0.3) is 0 Å². The van der Waals surface area contributed by atoms with Gasteiger partial charge in [0.25, 0.3) is 5.91 Å². The Bertz CT molecular complexity index is 787. The number of hydrogen-bond acceptors (Lipinski definition) is 3. The summed E-state index contributed by atoms with van der Waals surface area (Å²) < 4.78 is 26.5. The highest BCUT2D eigenvalue weighted by molar-refractivity contribution is 9.10. The fraction of sp³-hybridized carbons (Fsp3) is 0.188. The zero-order valence-electron chi connectivity index (χ0n) is 12.7. The monoisotopic (exact) mass is 396 g/mol. The van der Waals surface area contributed by atoms with Crippen molar-refractivity contribution in [2.75, 3.05) is 7.05 Å². The van der Waals surface area contributed by atoms with Crippen molar-refractivity contribution < 1.29 is 13.2 Å². The molecule has 23 heavy (non-hydrogen) atoms. The lowest BCUT2D eigenvalue weighted by molar-refractivity contribution is 0.0940. The molecule has 1 amide bonds. The van der Waals surface area contributed by atoms with Crippen LogP contribution in [0.15, 0.2) is 57.9 Å². The number of carbonyl (C=O) groups is 1. The molecule has 2 aromatic carbocycles. The third-order valence-electron chi connectivity index (χ3n) is 3.41. The van der Waals surface area contributed by atoms with E-state index in [2.05, 4.69) is 26.0 Å². The molecule has 122 valence electrons. The summed E-state index contributed by atoms with van der Waals surface area (Å²) in [6, 6.07) is 13.3. The number of rotatable bonds is 5. The minimum atomic E-state index is -3.50.